The zero-order valence-electron chi connectivity index (χ0n) is 9.05. The van der Waals surface area contributed by atoms with Crippen LogP contribution in [0.25, 0.3) is 0 Å². The number of hydrogen-bond donors (Lipinski definition) is 3. The number of halogens is 3. The lowest BCUT2D eigenvalue weighted by Crippen LogP contribution is -2.47. The first kappa shape index (κ1) is 14.7. The van der Waals surface area contributed by atoms with Crippen molar-refractivity contribution in [2.45, 2.75) is 37.5 Å². The van der Waals surface area contributed by atoms with E-state index in [-0.39, 0.29) is 6.54 Å². The molecule has 0 saturated heterocycles. The van der Waals surface area contributed by atoms with Gasteiger partial charge in [-0.1, -0.05) is 12.8 Å². The highest BCUT2D eigenvalue weighted by molar-refractivity contribution is 7.87. The van der Waals surface area contributed by atoms with Crippen LogP contribution in [0.3, 0.4) is 0 Å². The van der Waals surface area contributed by atoms with E-state index >= 15 is 0 Å². The summed E-state index contributed by atoms with van der Waals surface area (Å²) in [4.78, 5) is 0. The molecule has 0 amide bonds. The Balaban J connectivity index is 2.39. The van der Waals surface area contributed by atoms with Gasteiger partial charge in [0.2, 0.25) is 0 Å². The number of nitrogens with one attached hydrogen (secondary N) is 2. The smallest absolute Gasteiger partial charge is 0.389 e. The van der Waals surface area contributed by atoms with Crippen molar-refractivity contribution < 1.29 is 26.7 Å². The minimum absolute atomic E-state index is 0.264. The van der Waals surface area contributed by atoms with Crippen molar-refractivity contribution in [1.29, 1.82) is 0 Å². The summed E-state index contributed by atoms with van der Waals surface area (Å²) in [7, 11) is -4.22. The van der Waals surface area contributed by atoms with Gasteiger partial charge >= 0.3 is 6.18 Å². The Morgan fingerprint density at radius 2 is 1.71 bits per heavy atom. The summed E-state index contributed by atoms with van der Waals surface area (Å²) in [5.41, 5.74) is -1.13. The highest BCUT2D eigenvalue weighted by Gasteiger charge is 2.33. The van der Waals surface area contributed by atoms with E-state index in [2.05, 4.69) is 0 Å². The molecule has 1 aliphatic rings. The largest absolute Gasteiger partial charge is 0.402 e. The van der Waals surface area contributed by atoms with Crippen LogP contribution in [0.5, 0.6) is 0 Å². The highest BCUT2D eigenvalue weighted by atomic mass is 32.2. The van der Waals surface area contributed by atoms with Crippen LogP contribution < -0.4 is 9.44 Å². The Hall–Kier alpha value is -0.380. The van der Waals surface area contributed by atoms with E-state index in [1.54, 1.807) is 0 Å². The molecule has 1 aliphatic carbocycles. The molecule has 0 aromatic rings. The molecule has 9 heteroatoms. The minimum atomic E-state index is -4.60. The van der Waals surface area contributed by atoms with Gasteiger partial charge in [-0.15, -0.1) is 0 Å². The molecule has 102 valence electrons. The fourth-order valence-electron chi connectivity index (χ4n) is 1.67. The van der Waals surface area contributed by atoms with Crippen LogP contribution in [0.1, 0.15) is 25.7 Å². The summed E-state index contributed by atoms with van der Waals surface area (Å²) in [6.07, 6.45) is -2.12. The summed E-state index contributed by atoms with van der Waals surface area (Å²) in [6, 6.07) is 0. The second-order valence-corrected chi connectivity index (χ2v) is 5.78. The SMILES string of the molecule is O=S(=O)(NCC(F)(F)F)NCC1(O)CCCC1. The van der Waals surface area contributed by atoms with Crippen LogP contribution in [0.2, 0.25) is 0 Å². The zero-order valence-corrected chi connectivity index (χ0v) is 9.86. The van der Waals surface area contributed by atoms with Crippen LogP contribution in [-0.2, 0) is 10.2 Å². The molecule has 1 rings (SSSR count). The molecule has 0 spiro atoms. The van der Waals surface area contributed by atoms with Gasteiger partial charge in [-0.25, -0.2) is 0 Å². The van der Waals surface area contributed by atoms with Crippen molar-refractivity contribution in [1.82, 2.24) is 9.44 Å². The lowest BCUT2D eigenvalue weighted by molar-refractivity contribution is -0.121. The van der Waals surface area contributed by atoms with E-state index < -0.39 is 28.5 Å². The predicted octanol–water partition coefficient (Wildman–Crippen LogP) is 0.278. The third-order valence-electron chi connectivity index (χ3n) is 2.59. The third-order valence-corrected chi connectivity index (χ3v) is 3.64. The average Bonchev–Trinajstić information content (AvgIpc) is 2.60. The van der Waals surface area contributed by atoms with Crippen LogP contribution in [0.4, 0.5) is 13.2 Å². The fourth-order valence-corrected chi connectivity index (χ4v) is 2.58. The van der Waals surface area contributed by atoms with Gasteiger partial charge in [0.05, 0.1) is 5.60 Å². The maximum Gasteiger partial charge on any atom is 0.402 e. The highest BCUT2D eigenvalue weighted by Crippen LogP contribution is 2.28. The van der Waals surface area contributed by atoms with E-state index in [4.69, 9.17) is 0 Å². The standard InChI is InChI=1S/C8H15F3N2O3S/c9-8(10,11)6-13-17(15,16)12-5-7(14)3-1-2-4-7/h12-14H,1-6H2. The molecule has 0 aliphatic heterocycles. The topological polar surface area (TPSA) is 78.4 Å². The van der Waals surface area contributed by atoms with Gasteiger partial charge in [-0.3, -0.25) is 0 Å². The molecule has 0 unspecified atom stereocenters. The lowest BCUT2D eigenvalue weighted by atomic mass is 10.0. The van der Waals surface area contributed by atoms with Crippen LogP contribution in [0.15, 0.2) is 0 Å². The van der Waals surface area contributed by atoms with Crippen molar-refractivity contribution in [3.05, 3.63) is 0 Å². The molecular weight excluding hydrogens is 261 g/mol. The lowest BCUT2D eigenvalue weighted by Gasteiger charge is -2.22. The van der Waals surface area contributed by atoms with E-state index in [0.29, 0.717) is 12.8 Å². The average molecular weight is 276 g/mol. The van der Waals surface area contributed by atoms with Gasteiger partial charge in [0, 0.05) is 6.54 Å². The normalized spacial score (nSPS) is 20.7. The summed E-state index contributed by atoms with van der Waals surface area (Å²) in [5.74, 6) is 0. The quantitative estimate of drug-likeness (QED) is 0.675. The third kappa shape index (κ3) is 5.66. The minimum Gasteiger partial charge on any atom is -0.389 e. The molecule has 1 fully saturated rings. The molecule has 17 heavy (non-hydrogen) atoms. The maximum atomic E-state index is 11.8. The molecule has 0 atom stereocenters. The van der Waals surface area contributed by atoms with Crippen molar-refractivity contribution in [3.8, 4) is 0 Å². The molecule has 1 saturated carbocycles. The Morgan fingerprint density at radius 3 is 2.18 bits per heavy atom. The number of alkyl halides is 3. The van der Waals surface area contributed by atoms with Gasteiger partial charge in [-0.2, -0.15) is 31.0 Å². The number of rotatable bonds is 5. The molecule has 0 aromatic heterocycles. The Labute approximate surface area is 97.6 Å². The van der Waals surface area contributed by atoms with E-state index in [0.717, 1.165) is 12.8 Å². The first-order valence-electron chi connectivity index (χ1n) is 5.15. The Bertz CT molecular complexity index is 350. The summed E-state index contributed by atoms with van der Waals surface area (Å²) in [6.45, 7) is -1.89. The maximum absolute atomic E-state index is 11.8. The van der Waals surface area contributed by atoms with Crippen LogP contribution in [-0.4, -0.2) is 38.4 Å². The molecule has 3 N–H and O–H groups in total. The monoisotopic (exact) mass is 276 g/mol. The van der Waals surface area contributed by atoms with Gasteiger partial charge in [0.1, 0.15) is 6.54 Å². The van der Waals surface area contributed by atoms with Gasteiger partial charge in [0.25, 0.3) is 10.2 Å². The second-order valence-electron chi connectivity index (χ2n) is 4.19. The van der Waals surface area contributed by atoms with Crippen molar-refractivity contribution in [2.75, 3.05) is 13.1 Å². The van der Waals surface area contributed by atoms with Crippen LogP contribution in [0, 0.1) is 0 Å². The molecule has 0 radical (unpaired) electrons. The van der Waals surface area contributed by atoms with Gasteiger partial charge in [0.15, 0.2) is 0 Å². The van der Waals surface area contributed by atoms with Gasteiger partial charge in [-0.05, 0) is 12.8 Å². The Morgan fingerprint density at radius 1 is 1.18 bits per heavy atom. The second kappa shape index (κ2) is 5.09. The molecule has 0 bridgehead atoms. The first-order valence-corrected chi connectivity index (χ1v) is 6.64. The number of aliphatic hydroxyl groups is 1. The molecule has 5 nitrogen and oxygen atoms in total. The van der Waals surface area contributed by atoms with Gasteiger partial charge < -0.3 is 5.11 Å². The predicted molar refractivity (Wildman–Crippen MR) is 54.4 cm³/mol. The molecule has 0 heterocycles. The fraction of sp³-hybridized carbons (Fsp3) is 1.00. The first-order chi connectivity index (χ1) is 7.62. The van der Waals surface area contributed by atoms with E-state index in [1.165, 1.54) is 4.72 Å². The molecular formula is C8H15F3N2O3S. The summed E-state index contributed by atoms with van der Waals surface area (Å²) >= 11 is 0. The van der Waals surface area contributed by atoms with Crippen molar-refractivity contribution in [2.24, 2.45) is 0 Å². The summed E-state index contributed by atoms with van der Waals surface area (Å²) in [5, 5.41) is 9.81. The Kier molecular flexibility index (Phi) is 4.39. The van der Waals surface area contributed by atoms with Crippen LogP contribution >= 0.6 is 0 Å². The van der Waals surface area contributed by atoms with Crippen molar-refractivity contribution in [3.63, 3.8) is 0 Å². The number of hydrogen-bond acceptors (Lipinski definition) is 3. The zero-order chi connectivity index (χ0) is 13.2. The van der Waals surface area contributed by atoms with Crippen molar-refractivity contribution >= 4 is 10.2 Å². The summed E-state index contributed by atoms with van der Waals surface area (Å²) < 4.78 is 61.0. The molecule has 0 aromatic carbocycles. The van der Waals surface area contributed by atoms with E-state index in [1.807, 2.05) is 4.72 Å². The van der Waals surface area contributed by atoms with E-state index in [9.17, 15) is 26.7 Å².